The number of rotatable bonds is 6. The molecule has 2 heterocycles. The predicted molar refractivity (Wildman–Crippen MR) is 154 cm³/mol. The normalized spacial score (nSPS) is 14.7. The monoisotopic (exact) mass is 523 g/mol. The number of fused-ring (bicyclic) bond motifs is 2. The van der Waals surface area contributed by atoms with Gasteiger partial charge in [-0.05, 0) is 80.4 Å². The van der Waals surface area contributed by atoms with Gasteiger partial charge in [0.25, 0.3) is 0 Å². The Morgan fingerprint density at radius 1 is 0.974 bits per heavy atom. The summed E-state index contributed by atoms with van der Waals surface area (Å²) in [5.74, 6) is 0.571. The molecule has 192 valence electrons. The number of pyridine rings is 1. The molecule has 1 N–H and O–H groups in total. The van der Waals surface area contributed by atoms with E-state index < -0.39 is 0 Å². The third kappa shape index (κ3) is 4.96. The average molecular weight is 524 g/mol. The van der Waals surface area contributed by atoms with Crippen LogP contribution in [-0.2, 0) is 0 Å². The van der Waals surface area contributed by atoms with Gasteiger partial charge in [0.15, 0.2) is 0 Å². The van der Waals surface area contributed by atoms with Gasteiger partial charge >= 0.3 is 0 Å². The number of para-hydroxylation sites is 2. The molecule has 38 heavy (non-hydrogen) atoms. The number of benzene rings is 3. The fourth-order valence-corrected chi connectivity index (χ4v) is 5.33. The molecule has 0 unspecified atom stereocenters. The number of hydrogen-bond acceptors (Lipinski definition) is 5. The lowest BCUT2D eigenvalue weighted by atomic mass is 9.96. The highest BCUT2D eigenvalue weighted by atomic mass is 35.5. The Bertz CT molecular complexity index is 1610. The van der Waals surface area contributed by atoms with Gasteiger partial charge in [0.05, 0.1) is 46.1 Å². The molecule has 7 heteroatoms. The highest BCUT2D eigenvalue weighted by molar-refractivity contribution is 6.30. The molecule has 1 aliphatic heterocycles. The largest absolute Gasteiger partial charge is 0.476 e. The fraction of sp³-hybridized carbons (Fsp3) is 0.258. The molecule has 2 aromatic carbocycles. The molecule has 0 saturated heterocycles. The van der Waals surface area contributed by atoms with Gasteiger partial charge in [-0.15, -0.1) is 0 Å². The van der Waals surface area contributed by atoms with E-state index in [1.807, 2.05) is 61.5 Å². The van der Waals surface area contributed by atoms with Gasteiger partial charge in [-0.1, -0.05) is 43.0 Å². The smallest absolute Gasteiger partial charge is 0.237 e. The van der Waals surface area contributed by atoms with Crippen molar-refractivity contribution in [2.75, 3.05) is 11.9 Å². The summed E-state index contributed by atoms with van der Waals surface area (Å²) in [7, 11) is 0. The van der Waals surface area contributed by atoms with Crippen molar-refractivity contribution in [1.82, 2.24) is 14.5 Å². The van der Waals surface area contributed by atoms with Gasteiger partial charge in [-0.3, -0.25) is 4.99 Å². The maximum Gasteiger partial charge on any atom is 0.237 e. The molecule has 0 bridgehead atoms. The van der Waals surface area contributed by atoms with E-state index in [4.69, 9.17) is 26.3 Å². The van der Waals surface area contributed by atoms with Crippen molar-refractivity contribution < 1.29 is 4.74 Å². The van der Waals surface area contributed by atoms with Crippen LogP contribution in [0.3, 0.4) is 0 Å². The van der Waals surface area contributed by atoms with Crippen molar-refractivity contribution in [2.24, 2.45) is 4.99 Å². The minimum absolute atomic E-state index is 0.305. The summed E-state index contributed by atoms with van der Waals surface area (Å²) < 4.78 is 8.04. The molecule has 3 aromatic rings. The van der Waals surface area contributed by atoms with Crippen molar-refractivity contribution >= 4 is 34.0 Å². The Balaban J connectivity index is 1.60. The third-order valence-corrected chi connectivity index (χ3v) is 7.25. The molecule has 6 nitrogen and oxygen atoms in total. The van der Waals surface area contributed by atoms with E-state index in [0.717, 1.165) is 57.7 Å². The SMILES string of the molecule is CCOc1ncccc1Nc1cc2nc3ccccc3n(-c3ccc(Cl)cc3)c-2cc1=NC1CCCCC1. The minimum Gasteiger partial charge on any atom is -0.476 e. The Kier molecular flexibility index (Phi) is 6.97. The molecule has 1 aromatic heterocycles. The summed E-state index contributed by atoms with van der Waals surface area (Å²) >= 11 is 6.24. The number of nitrogens with one attached hydrogen (secondary N) is 1. The van der Waals surface area contributed by atoms with Crippen LogP contribution >= 0.6 is 11.6 Å². The quantitative estimate of drug-likeness (QED) is 0.233. The van der Waals surface area contributed by atoms with E-state index in [2.05, 4.69) is 33.1 Å². The average Bonchev–Trinajstić information content (AvgIpc) is 2.94. The standard InChI is InChI=1S/C31H30ClN5O/c1-2-38-31-25(12-8-18-33-31)36-26-19-28-30(20-27(26)34-22-9-4-3-5-10-22)37(23-16-14-21(32)15-17-23)29-13-7-6-11-24(29)35-28/h6-8,11-20,22,36H,2-5,9-10H2,1H3. The van der Waals surface area contributed by atoms with E-state index in [9.17, 15) is 0 Å². The number of hydrogen-bond donors (Lipinski definition) is 1. The lowest BCUT2D eigenvalue weighted by Crippen LogP contribution is -2.19. The number of anilines is 2. The maximum absolute atomic E-state index is 6.24. The van der Waals surface area contributed by atoms with Crippen molar-refractivity contribution in [3.8, 4) is 23.0 Å². The van der Waals surface area contributed by atoms with Crippen LogP contribution in [0.25, 0.3) is 28.1 Å². The topological polar surface area (TPSA) is 64.3 Å². The molecule has 2 aliphatic carbocycles. The van der Waals surface area contributed by atoms with Gasteiger partial charge < -0.3 is 14.6 Å². The second-order valence-electron chi connectivity index (χ2n) is 9.61. The maximum atomic E-state index is 6.24. The Morgan fingerprint density at radius 2 is 1.79 bits per heavy atom. The lowest BCUT2D eigenvalue weighted by Gasteiger charge is -2.22. The zero-order valence-electron chi connectivity index (χ0n) is 21.4. The van der Waals surface area contributed by atoms with Crippen molar-refractivity contribution in [1.29, 1.82) is 0 Å². The Labute approximate surface area is 227 Å². The molecule has 6 rings (SSSR count). The zero-order chi connectivity index (χ0) is 25.9. The molecular weight excluding hydrogens is 494 g/mol. The molecule has 3 aliphatic rings. The third-order valence-electron chi connectivity index (χ3n) is 7.00. The van der Waals surface area contributed by atoms with Gasteiger partial charge in [0.2, 0.25) is 5.88 Å². The summed E-state index contributed by atoms with van der Waals surface area (Å²) in [6.07, 6.45) is 7.70. The Hall–Kier alpha value is -3.90. The highest BCUT2D eigenvalue weighted by Gasteiger charge is 2.19. The van der Waals surface area contributed by atoms with Crippen LogP contribution < -0.4 is 15.4 Å². The molecule has 1 fully saturated rings. The minimum atomic E-state index is 0.305. The highest BCUT2D eigenvalue weighted by Crippen LogP contribution is 2.32. The molecule has 0 amide bonds. The number of aromatic nitrogens is 3. The van der Waals surface area contributed by atoms with Crippen molar-refractivity contribution in [3.05, 3.63) is 89.4 Å². The van der Waals surface area contributed by atoms with E-state index in [1.54, 1.807) is 6.20 Å². The van der Waals surface area contributed by atoms with Crippen LogP contribution in [0, 0.1) is 0 Å². The van der Waals surface area contributed by atoms with Crippen LogP contribution in [0.5, 0.6) is 5.88 Å². The van der Waals surface area contributed by atoms with Crippen LogP contribution in [0.1, 0.15) is 39.0 Å². The predicted octanol–water partition coefficient (Wildman–Crippen LogP) is 7.55. The lowest BCUT2D eigenvalue weighted by molar-refractivity contribution is 0.329. The van der Waals surface area contributed by atoms with Crippen molar-refractivity contribution in [2.45, 2.75) is 45.1 Å². The van der Waals surface area contributed by atoms with Crippen LogP contribution in [-0.4, -0.2) is 27.2 Å². The van der Waals surface area contributed by atoms with E-state index in [-0.39, 0.29) is 0 Å². The Morgan fingerprint density at radius 3 is 2.61 bits per heavy atom. The molecule has 0 spiro atoms. The van der Waals surface area contributed by atoms with Gasteiger partial charge in [0.1, 0.15) is 5.69 Å². The first-order chi connectivity index (χ1) is 18.7. The summed E-state index contributed by atoms with van der Waals surface area (Å²) in [6.45, 7) is 2.50. The first-order valence-electron chi connectivity index (χ1n) is 13.3. The summed E-state index contributed by atoms with van der Waals surface area (Å²) in [6, 6.07) is 24.6. The van der Waals surface area contributed by atoms with Crippen LogP contribution in [0.15, 0.2) is 84.0 Å². The number of nitrogens with zero attached hydrogens (tertiary/aromatic N) is 4. The van der Waals surface area contributed by atoms with Crippen molar-refractivity contribution in [3.63, 3.8) is 0 Å². The van der Waals surface area contributed by atoms with Gasteiger partial charge in [0, 0.05) is 16.9 Å². The van der Waals surface area contributed by atoms with Gasteiger partial charge in [-0.2, -0.15) is 0 Å². The summed E-state index contributed by atoms with van der Waals surface area (Å²) in [5.41, 5.74) is 6.51. The fourth-order valence-electron chi connectivity index (χ4n) is 5.21. The van der Waals surface area contributed by atoms with E-state index in [1.165, 1.54) is 19.3 Å². The van der Waals surface area contributed by atoms with Gasteiger partial charge in [-0.25, -0.2) is 9.97 Å². The summed E-state index contributed by atoms with van der Waals surface area (Å²) in [5, 5.41) is 5.19. The van der Waals surface area contributed by atoms with Crippen LogP contribution in [0.2, 0.25) is 5.02 Å². The first kappa shape index (κ1) is 24.4. The molecule has 0 radical (unpaired) electrons. The second-order valence-corrected chi connectivity index (χ2v) is 10.0. The second kappa shape index (κ2) is 10.8. The zero-order valence-corrected chi connectivity index (χ0v) is 22.2. The molecule has 1 saturated carbocycles. The molecule has 0 atom stereocenters. The first-order valence-corrected chi connectivity index (χ1v) is 13.7. The number of halogens is 1. The van der Waals surface area contributed by atoms with E-state index >= 15 is 0 Å². The summed E-state index contributed by atoms with van der Waals surface area (Å²) in [4.78, 5) is 14.8. The van der Waals surface area contributed by atoms with Crippen LogP contribution in [0.4, 0.5) is 11.4 Å². The number of ether oxygens (including phenoxy) is 1. The van der Waals surface area contributed by atoms with E-state index in [0.29, 0.717) is 23.6 Å². The molecular formula is C31H30ClN5O.